The van der Waals surface area contributed by atoms with E-state index >= 15 is 0 Å². The molecule has 16 aromatic rings. The van der Waals surface area contributed by atoms with Gasteiger partial charge in [-0.1, -0.05) is 0 Å². The quantitative estimate of drug-likeness (QED) is 0.0505. The van der Waals surface area contributed by atoms with Crippen molar-refractivity contribution < 1.29 is 46.0 Å². The molecular weight excluding hydrogens is 1460 g/mol. The fourth-order valence-corrected chi connectivity index (χ4v) is 11.3. The summed E-state index contributed by atoms with van der Waals surface area (Å²) in [4.78, 5) is 53.8. The Balaban J connectivity index is 0.000000134. The number of phenols is 9. The van der Waals surface area contributed by atoms with Gasteiger partial charge in [0.05, 0.1) is 38.9 Å². The number of aromatic nitrogens is 12. The number of nitrogen functional groups attached to an aromatic ring is 10. The van der Waals surface area contributed by atoms with Gasteiger partial charge in [0, 0.05) is 127 Å². The third-order valence-corrected chi connectivity index (χ3v) is 17.1. The maximum Gasteiger partial charge on any atom is 0.167 e. The number of nitrogens with zero attached hydrogens (tertiary/aromatic N) is 12. The van der Waals surface area contributed by atoms with E-state index in [1.165, 1.54) is 54.6 Å². The molecular formula is C84H70N22O9. The van der Waals surface area contributed by atoms with Crippen LogP contribution >= 0.6 is 0 Å². The predicted octanol–water partition coefficient (Wildman–Crippen LogP) is 12.7. The lowest BCUT2D eigenvalue weighted by Gasteiger charge is -2.11. The fourth-order valence-electron chi connectivity index (χ4n) is 11.3. The van der Waals surface area contributed by atoms with Gasteiger partial charge in [-0.2, -0.15) is 0 Å². The van der Waals surface area contributed by atoms with Crippen LogP contribution in [0.5, 0.6) is 51.7 Å². The van der Waals surface area contributed by atoms with Crippen LogP contribution in [0.1, 0.15) is 0 Å². The standard InChI is InChI=1S/C21H18N6O3.C21H18N6.C21H17N5O4.C21H17N5O2/c22-10-1-4-13(16(28)7-10)19-25-20(14-5-2-11(23)8-17(14)29)27-21(26-19)15-6-3-12(24)9-18(15)30;22-16-7-1-13(2-8-16)19-25-20(14-3-9-17(23)10-4-14)27-21(26-19)15-5-11-18(24)12-6-15;22-10-1-4-13(16(28)7-10)19-24-20(14-5-2-11(23)8-17(14)29)26-21(25-19)15-6-3-12(27)9-18(15)30;22-14-5-1-12(2-6-14)19-24-20(13-3-7-15(23)8-4-13)26-21(25-19)17-10-9-16(27)11-18(17)28/h1-9,28-30H,22-24H2;1-12H,22-24H2;1-9,27-30H,22-23H2;1-11,27-28H,22-23H2. The van der Waals surface area contributed by atoms with Crippen molar-refractivity contribution in [3.8, 4) is 188 Å². The highest BCUT2D eigenvalue weighted by atomic mass is 16.3. The van der Waals surface area contributed by atoms with Crippen LogP contribution in [0.25, 0.3) is 137 Å². The molecule has 31 heteroatoms. The highest BCUT2D eigenvalue weighted by Gasteiger charge is 2.23. The van der Waals surface area contributed by atoms with Crippen molar-refractivity contribution in [2.45, 2.75) is 0 Å². The van der Waals surface area contributed by atoms with E-state index in [2.05, 4.69) is 59.8 Å². The van der Waals surface area contributed by atoms with E-state index in [4.69, 9.17) is 57.3 Å². The molecule has 12 aromatic carbocycles. The topological polar surface area (TPSA) is 597 Å². The van der Waals surface area contributed by atoms with E-state index in [1.54, 1.807) is 91.0 Å². The maximum atomic E-state index is 10.3. The van der Waals surface area contributed by atoms with Crippen LogP contribution in [0.4, 0.5) is 56.9 Å². The molecule has 0 radical (unpaired) electrons. The lowest BCUT2D eigenvalue weighted by Crippen LogP contribution is -2.01. The van der Waals surface area contributed by atoms with Crippen molar-refractivity contribution >= 4 is 56.9 Å². The highest BCUT2D eigenvalue weighted by molar-refractivity contribution is 5.80. The summed E-state index contributed by atoms with van der Waals surface area (Å²) < 4.78 is 0. The van der Waals surface area contributed by atoms with E-state index in [0.29, 0.717) is 108 Å². The molecule has 0 amide bonds. The molecule has 31 nitrogen and oxygen atoms in total. The largest absolute Gasteiger partial charge is 0.508 e. The number of hydrogen-bond donors (Lipinski definition) is 19. The summed E-state index contributed by atoms with van der Waals surface area (Å²) >= 11 is 0. The molecule has 4 aromatic heterocycles. The first-order valence-electron chi connectivity index (χ1n) is 34.5. The SMILES string of the molecule is Nc1ccc(-c2nc(-c3ccc(N)cc3)nc(-c3ccc(N)cc3)n2)cc1.Nc1ccc(-c2nc(-c3ccc(N)cc3)nc(-c3ccc(O)cc3O)n2)cc1.Nc1ccc(-c2nc(-c3ccc(N)cc3O)nc(-c3ccc(N)cc3O)n2)c(O)c1.Nc1ccc(-c2nc(-c3ccc(N)cc3O)nc(-c3ccc(O)cc3O)n2)c(O)c1. The molecule has 0 fully saturated rings. The zero-order valence-electron chi connectivity index (χ0n) is 60.3. The lowest BCUT2D eigenvalue weighted by molar-refractivity contribution is 0.450. The van der Waals surface area contributed by atoms with E-state index in [1.807, 2.05) is 97.1 Å². The van der Waals surface area contributed by atoms with Crippen LogP contribution in [0.15, 0.2) is 249 Å². The number of phenolic OH excluding ortho intramolecular Hbond substituents is 9. The van der Waals surface area contributed by atoms with E-state index in [9.17, 15) is 46.0 Å². The molecule has 16 rings (SSSR count). The van der Waals surface area contributed by atoms with Crippen LogP contribution in [0.3, 0.4) is 0 Å². The number of anilines is 10. The van der Waals surface area contributed by atoms with Gasteiger partial charge in [0.2, 0.25) is 0 Å². The summed E-state index contributed by atoms with van der Waals surface area (Å²) in [7, 11) is 0. The van der Waals surface area contributed by atoms with E-state index < -0.39 is 0 Å². The molecule has 0 aliphatic rings. The predicted molar refractivity (Wildman–Crippen MR) is 444 cm³/mol. The molecule has 0 saturated carbocycles. The van der Waals surface area contributed by atoms with Crippen molar-refractivity contribution in [3.05, 3.63) is 249 Å². The molecule has 0 aliphatic carbocycles. The Labute approximate surface area is 653 Å². The van der Waals surface area contributed by atoms with Gasteiger partial charge in [0.25, 0.3) is 0 Å². The van der Waals surface area contributed by atoms with Crippen molar-refractivity contribution in [1.82, 2.24) is 59.8 Å². The molecule has 29 N–H and O–H groups in total. The van der Waals surface area contributed by atoms with Gasteiger partial charge in [-0.25, -0.2) is 59.8 Å². The van der Waals surface area contributed by atoms with Gasteiger partial charge in [-0.3, -0.25) is 0 Å². The Kier molecular flexibility index (Phi) is 21.7. The number of benzene rings is 12. The van der Waals surface area contributed by atoms with Crippen molar-refractivity contribution in [2.75, 3.05) is 57.3 Å². The first-order chi connectivity index (χ1) is 55.2. The summed E-state index contributed by atoms with van der Waals surface area (Å²) in [6, 6.07) is 67.5. The summed E-state index contributed by atoms with van der Waals surface area (Å²) in [6.07, 6.45) is 0. The Morgan fingerprint density at radius 1 is 0.139 bits per heavy atom. The molecule has 0 unspecified atom stereocenters. The van der Waals surface area contributed by atoms with Gasteiger partial charge >= 0.3 is 0 Å². The molecule has 0 saturated heterocycles. The Morgan fingerprint density at radius 3 is 0.426 bits per heavy atom. The summed E-state index contributed by atoms with van der Waals surface area (Å²) in [5.74, 6) is 2.29. The minimum Gasteiger partial charge on any atom is -0.508 e. The van der Waals surface area contributed by atoms with Gasteiger partial charge in [0.15, 0.2) is 69.9 Å². The summed E-state index contributed by atoms with van der Waals surface area (Å²) in [5.41, 5.74) is 68.8. The van der Waals surface area contributed by atoms with Crippen LogP contribution < -0.4 is 57.3 Å². The number of aromatic hydroxyl groups is 9. The zero-order valence-corrected chi connectivity index (χ0v) is 60.3. The summed E-state index contributed by atoms with van der Waals surface area (Å²) in [5, 5.41) is 91.3. The zero-order chi connectivity index (χ0) is 81.3. The molecule has 0 aliphatic heterocycles. The smallest absolute Gasteiger partial charge is 0.167 e. The Morgan fingerprint density at radius 2 is 0.270 bits per heavy atom. The second-order valence-electron chi connectivity index (χ2n) is 25.6. The molecule has 0 atom stereocenters. The van der Waals surface area contributed by atoms with Gasteiger partial charge in [0.1, 0.15) is 51.7 Å². The fraction of sp³-hybridized carbons (Fsp3) is 0. The monoisotopic (exact) mass is 1530 g/mol. The normalized spacial score (nSPS) is 10.7. The Hall–Kier alpha value is -17.1. The average molecular weight is 1530 g/mol. The molecule has 0 bridgehead atoms. The first kappa shape index (κ1) is 76.1. The number of nitrogens with two attached hydrogens (primary N) is 10. The third-order valence-electron chi connectivity index (χ3n) is 17.1. The van der Waals surface area contributed by atoms with E-state index in [-0.39, 0.29) is 109 Å². The van der Waals surface area contributed by atoms with Crippen molar-refractivity contribution in [1.29, 1.82) is 0 Å². The molecule has 570 valence electrons. The van der Waals surface area contributed by atoms with Crippen molar-refractivity contribution in [2.24, 2.45) is 0 Å². The van der Waals surface area contributed by atoms with Crippen LogP contribution in [-0.2, 0) is 0 Å². The van der Waals surface area contributed by atoms with Crippen molar-refractivity contribution in [3.63, 3.8) is 0 Å². The minimum absolute atomic E-state index is 0.0483. The summed E-state index contributed by atoms with van der Waals surface area (Å²) in [6.45, 7) is 0. The van der Waals surface area contributed by atoms with Crippen LogP contribution in [0, 0.1) is 0 Å². The first-order valence-corrected chi connectivity index (χ1v) is 34.5. The van der Waals surface area contributed by atoms with Gasteiger partial charge < -0.3 is 103 Å². The Bertz CT molecular complexity index is 5540. The van der Waals surface area contributed by atoms with Gasteiger partial charge in [-0.15, -0.1) is 0 Å². The average Bonchev–Trinajstić information content (AvgIpc) is 0.783. The molecule has 4 heterocycles. The minimum atomic E-state index is -0.249. The lowest BCUT2D eigenvalue weighted by atomic mass is 10.1. The van der Waals surface area contributed by atoms with E-state index in [0.717, 1.165) is 33.9 Å². The third kappa shape index (κ3) is 18.0. The van der Waals surface area contributed by atoms with Crippen LogP contribution in [-0.4, -0.2) is 106 Å². The number of rotatable bonds is 12. The number of hydrogen-bond acceptors (Lipinski definition) is 31. The second kappa shape index (κ2) is 32.8. The molecule has 0 spiro atoms. The molecule has 115 heavy (non-hydrogen) atoms. The maximum absolute atomic E-state index is 10.3. The van der Waals surface area contributed by atoms with Gasteiger partial charge in [-0.05, 0) is 206 Å². The highest BCUT2D eigenvalue weighted by Crippen LogP contribution is 2.41. The van der Waals surface area contributed by atoms with Crippen LogP contribution in [0.2, 0.25) is 0 Å². The second-order valence-corrected chi connectivity index (χ2v) is 25.6.